The van der Waals surface area contributed by atoms with Crippen LogP contribution in [0, 0.1) is 10.5 Å². The van der Waals surface area contributed by atoms with Crippen LogP contribution < -0.4 is 0 Å². The number of Topliss-reactive ketones (excluding diaryl/α,β-unsaturated/α-hetero) is 1. The van der Waals surface area contributed by atoms with Crippen molar-refractivity contribution in [1.82, 2.24) is 0 Å². The largest absolute Gasteiger partial charge is 0.455 e. The Hall–Kier alpha value is -0.110. The minimum atomic E-state index is -4.76. The van der Waals surface area contributed by atoms with Crippen molar-refractivity contribution < 1.29 is 18.0 Å². The summed E-state index contributed by atoms with van der Waals surface area (Å²) in [5.41, 5.74) is 0. The highest BCUT2D eigenvalue weighted by Crippen LogP contribution is 2.29. The van der Waals surface area contributed by atoms with Crippen LogP contribution in [0.15, 0.2) is 6.07 Å². The first-order valence-corrected chi connectivity index (χ1v) is 5.09. The van der Waals surface area contributed by atoms with Crippen LogP contribution >= 0.6 is 33.9 Å². The van der Waals surface area contributed by atoms with Gasteiger partial charge >= 0.3 is 6.18 Å². The molecule has 72 valence electrons. The number of halogens is 4. The van der Waals surface area contributed by atoms with E-state index in [0.717, 1.165) is 16.2 Å². The molecule has 0 radical (unpaired) electrons. The first kappa shape index (κ1) is 11.0. The van der Waals surface area contributed by atoms with Crippen LogP contribution in [0.1, 0.15) is 14.5 Å². The number of carbonyl (C=O) groups is 1. The molecule has 13 heavy (non-hydrogen) atoms. The van der Waals surface area contributed by atoms with E-state index in [1.54, 1.807) is 6.92 Å². The highest BCUT2D eigenvalue weighted by Gasteiger charge is 2.40. The summed E-state index contributed by atoms with van der Waals surface area (Å²) in [6.07, 6.45) is -4.76. The molecule has 1 aromatic rings. The minimum absolute atomic E-state index is 0.241. The maximum Gasteiger partial charge on any atom is 0.455 e. The third kappa shape index (κ3) is 2.43. The summed E-state index contributed by atoms with van der Waals surface area (Å²) in [5, 5.41) is 0. The van der Waals surface area contributed by atoms with Gasteiger partial charge in [-0.15, -0.1) is 11.3 Å². The quantitative estimate of drug-likeness (QED) is 0.572. The number of rotatable bonds is 1. The Morgan fingerprint density at radius 2 is 2.08 bits per heavy atom. The average Bonchev–Trinajstić information content (AvgIpc) is 2.29. The maximum absolute atomic E-state index is 11.9. The molecule has 0 aliphatic carbocycles. The summed E-state index contributed by atoms with van der Waals surface area (Å²) in [7, 11) is 0. The molecule has 1 aromatic heterocycles. The normalized spacial score (nSPS) is 11.8. The van der Waals surface area contributed by atoms with E-state index in [0.29, 0.717) is 3.57 Å². The lowest BCUT2D eigenvalue weighted by atomic mass is 10.3. The van der Waals surface area contributed by atoms with Gasteiger partial charge in [0.1, 0.15) is 0 Å². The van der Waals surface area contributed by atoms with Crippen molar-refractivity contribution in [3.05, 3.63) is 19.4 Å². The summed E-state index contributed by atoms with van der Waals surface area (Å²) in [5.74, 6) is -1.76. The summed E-state index contributed by atoms with van der Waals surface area (Å²) < 4.78 is 36.5. The van der Waals surface area contributed by atoms with Crippen molar-refractivity contribution in [3.63, 3.8) is 0 Å². The zero-order valence-corrected chi connectivity index (χ0v) is 9.38. The van der Waals surface area contributed by atoms with Gasteiger partial charge in [0.2, 0.25) is 0 Å². The van der Waals surface area contributed by atoms with Gasteiger partial charge in [0, 0.05) is 8.45 Å². The van der Waals surface area contributed by atoms with Crippen molar-refractivity contribution >= 4 is 39.7 Å². The fraction of sp³-hybridized carbons (Fsp3) is 0.286. The van der Waals surface area contributed by atoms with E-state index in [1.165, 1.54) is 6.07 Å². The van der Waals surface area contributed by atoms with Crippen LogP contribution in [0.3, 0.4) is 0 Å². The molecule has 0 atom stereocenters. The molecule has 0 aliphatic rings. The van der Waals surface area contributed by atoms with E-state index in [4.69, 9.17) is 0 Å². The van der Waals surface area contributed by atoms with E-state index in [1.807, 2.05) is 22.6 Å². The number of hydrogen-bond donors (Lipinski definition) is 0. The number of aryl methyl sites for hydroxylation is 1. The van der Waals surface area contributed by atoms with E-state index in [9.17, 15) is 18.0 Å². The SMILES string of the molecule is Cc1sc(C(=O)C(F)(F)F)cc1I. The summed E-state index contributed by atoms with van der Waals surface area (Å²) in [6.45, 7) is 1.68. The molecule has 0 bridgehead atoms. The molecule has 0 N–H and O–H groups in total. The Kier molecular flexibility index (Phi) is 3.01. The number of thiophene rings is 1. The van der Waals surface area contributed by atoms with Gasteiger partial charge in [-0.2, -0.15) is 13.2 Å². The van der Waals surface area contributed by atoms with Crippen molar-refractivity contribution in [1.29, 1.82) is 0 Å². The lowest BCUT2D eigenvalue weighted by molar-refractivity contribution is -0.0882. The zero-order chi connectivity index (χ0) is 10.2. The Morgan fingerprint density at radius 1 is 1.54 bits per heavy atom. The van der Waals surface area contributed by atoms with Crippen molar-refractivity contribution in [3.8, 4) is 0 Å². The number of ketones is 1. The second-order valence-electron chi connectivity index (χ2n) is 2.34. The minimum Gasteiger partial charge on any atom is -0.283 e. The molecule has 0 amide bonds. The van der Waals surface area contributed by atoms with E-state index < -0.39 is 12.0 Å². The molecule has 0 spiro atoms. The topological polar surface area (TPSA) is 17.1 Å². The highest BCUT2D eigenvalue weighted by molar-refractivity contribution is 14.1. The Labute approximate surface area is 90.1 Å². The van der Waals surface area contributed by atoms with Crippen LogP contribution in [-0.2, 0) is 0 Å². The fourth-order valence-electron chi connectivity index (χ4n) is 0.711. The molecule has 0 aliphatic heterocycles. The summed E-state index contributed by atoms with van der Waals surface area (Å²) >= 11 is 2.77. The van der Waals surface area contributed by atoms with Gasteiger partial charge in [-0.3, -0.25) is 4.79 Å². The standard InChI is InChI=1S/C7H4F3IOS/c1-3-4(11)2-5(13-3)6(12)7(8,9)10/h2H,1H3. The third-order valence-corrected chi connectivity index (χ3v) is 3.87. The van der Waals surface area contributed by atoms with Gasteiger partial charge in [-0.25, -0.2) is 0 Å². The number of hydrogen-bond acceptors (Lipinski definition) is 2. The van der Waals surface area contributed by atoms with Crippen LogP contribution in [0.2, 0.25) is 0 Å². The lowest BCUT2D eigenvalue weighted by Crippen LogP contribution is -2.21. The number of alkyl halides is 3. The van der Waals surface area contributed by atoms with Gasteiger partial charge in [0.25, 0.3) is 5.78 Å². The van der Waals surface area contributed by atoms with Gasteiger partial charge in [-0.1, -0.05) is 0 Å². The van der Waals surface area contributed by atoms with Crippen molar-refractivity contribution in [2.24, 2.45) is 0 Å². The van der Waals surface area contributed by atoms with Crippen LogP contribution in [0.4, 0.5) is 13.2 Å². The van der Waals surface area contributed by atoms with Gasteiger partial charge in [0.15, 0.2) is 0 Å². The Morgan fingerprint density at radius 3 is 2.38 bits per heavy atom. The first-order valence-electron chi connectivity index (χ1n) is 3.20. The second kappa shape index (κ2) is 3.56. The van der Waals surface area contributed by atoms with Crippen LogP contribution in [-0.4, -0.2) is 12.0 Å². The Balaban J connectivity index is 3.03. The van der Waals surface area contributed by atoms with Crippen molar-refractivity contribution in [2.45, 2.75) is 13.1 Å². The van der Waals surface area contributed by atoms with E-state index in [-0.39, 0.29) is 4.88 Å². The van der Waals surface area contributed by atoms with E-state index in [2.05, 4.69) is 0 Å². The molecular weight excluding hydrogens is 316 g/mol. The molecule has 1 heterocycles. The fourth-order valence-corrected chi connectivity index (χ4v) is 2.44. The zero-order valence-electron chi connectivity index (χ0n) is 6.41. The molecule has 0 saturated carbocycles. The molecule has 1 rings (SSSR count). The van der Waals surface area contributed by atoms with Crippen LogP contribution in [0.25, 0.3) is 0 Å². The monoisotopic (exact) mass is 320 g/mol. The third-order valence-electron chi connectivity index (χ3n) is 1.34. The molecule has 1 nitrogen and oxygen atoms in total. The summed E-state index contributed by atoms with van der Waals surface area (Å²) in [4.78, 5) is 11.2. The van der Waals surface area contributed by atoms with Crippen molar-refractivity contribution in [2.75, 3.05) is 0 Å². The molecule has 0 saturated heterocycles. The summed E-state index contributed by atoms with van der Waals surface area (Å²) in [6, 6.07) is 1.26. The first-order chi connectivity index (χ1) is 5.82. The second-order valence-corrected chi connectivity index (χ2v) is 4.76. The van der Waals surface area contributed by atoms with E-state index >= 15 is 0 Å². The predicted octanol–water partition coefficient (Wildman–Crippen LogP) is 3.41. The maximum atomic E-state index is 11.9. The molecule has 0 fully saturated rings. The smallest absolute Gasteiger partial charge is 0.283 e. The highest BCUT2D eigenvalue weighted by atomic mass is 127. The van der Waals surface area contributed by atoms with Gasteiger partial charge in [-0.05, 0) is 35.6 Å². The molecule has 0 unspecified atom stereocenters. The average molecular weight is 320 g/mol. The lowest BCUT2D eigenvalue weighted by Gasteiger charge is -2.00. The van der Waals surface area contributed by atoms with Crippen LogP contribution in [0.5, 0.6) is 0 Å². The number of carbonyl (C=O) groups excluding carboxylic acids is 1. The van der Waals surface area contributed by atoms with Gasteiger partial charge < -0.3 is 0 Å². The Bertz CT molecular complexity index is 322. The molecular formula is C7H4F3IOS. The van der Waals surface area contributed by atoms with Gasteiger partial charge in [0.05, 0.1) is 4.88 Å². The molecule has 6 heteroatoms. The molecule has 0 aromatic carbocycles. The predicted molar refractivity (Wildman–Crippen MR) is 52.2 cm³/mol.